The van der Waals surface area contributed by atoms with Gasteiger partial charge in [-0.3, -0.25) is 4.90 Å². The van der Waals surface area contributed by atoms with E-state index in [1.165, 1.54) is 0 Å². The summed E-state index contributed by atoms with van der Waals surface area (Å²) in [4.78, 5) is 13.5. The van der Waals surface area contributed by atoms with Crippen LogP contribution in [-0.2, 0) is 11.3 Å². The van der Waals surface area contributed by atoms with Crippen molar-refractivity contribution >= 4 is 6.29 Å². The predicted molar refractivity (Wildman–Crippen MR) is 68.7 cm³/mol. The maximum atomic E-state index is 11.2. The largest absolute Gasteiger partial charge is 0.468 e. The van der Waals surface area contributed by atoms with E-state index in [1.54, 1.807) is 6.26 Å². The average Bonchev–Trinajstić information content (AvgIpc) is 2.81. The van der Waals surface area contributed by atoms with Gasteiger partial charge in [-0.25, -0.2) is 0 Å². The number of hydrogen-bond donors (Lipinski definition) is 0. The fourth-order valence-corrected chi connectivity index (χ4v) is 2.16. The number of furan rings is 1. The molecule has 0 aliphatic rings. The fraction of sp³-hybridized carbons (Fsp3) is 0.643. The van der Waals surface area contributed by atoms with E-state index >= 15 is 0 Å². The summed E-state index contributed by atoms with van der Waals surface area (Å²) in [6.45, 7) is 8.75. The maximum absolute atomic E-state index is 11.2. The molecule has 0 N–H and O–H groups in total. The van der Waals surface area contributed by atoms with Gasteiger partial charge in [-0.15, -0.1) is 0 Å². The number of aldehydes is 1. The third-order valence-electron chi connectivity index (χ3n) is 3.10. The second-order valence-electron chi connectivity index (χ2n) is 4.90. The number of nitrogens with zero attached hydrogens (tertiary/aromatic N) is 1. The summed E-state index contributed by atoms with van der Waals surface area (Å²) in [5.74, 6) is 0.955. The molecule has 0 aromatic carbocycles. The minimum absolute atomic E-state index is 0.239. The Kier molecular flexibility index (Phi) is 5.42. The van der Waals surface area contributed by atoms with E-state index < -0.39 is 0 Å². The Morgan fingerprint density at radius 2 is 2.24 bits per heavy atom. The van der Waals surface area contributed by atoms with E-state index in [0.29, 0.717) is 0 Å². The molecule has 0 saturated heterocycles. The van der Waals surface area contributed by atoms with Crippen LogP contribution in [0.5, 0.6) is 0 Å². The molecule has 0 amide bonds. The zero-order valence-electron chi connectivity index (χ0n) is 11.1. The molecule has 1 unspecified atom stereocenters. The van der Waals surface area contributed by atoms with Crippen molar-refractivity contribution in [3.8, 4) is 0 Å². The molecule has 3 nitrogen and oxygen atoms in total. The number of carbonyl (C=O) groups is 1. The Morgan fingerprint density at radius 3 is 2.71 bits per heavy atom. The summed E-state index contributed by atoms with van der Waals surface area (Å²) >= 11 is 0. The number of hydrogen-bond acceptors (Lipinski definition) is 3. The van der Waals surface area contributed by atoms with Gasteiger partial charge >= 0.3 is 0 Å². The highest BCUT2D eigenvalue weighted by atomic mass is 16.3. The van der Waals surface area contributed by atoms with Gasteiger partial charge in [-0.2, -0.15) is 0 Å². The Hall–Kier alpha value is -1.09. The van der Waals surface area contributed by atoms with Gasteiger partial charge in [0.2, 0.25) is 0 Å². The molecule has 3 heteroatoms. The lowest BCUT2D eigenvalue weighted by atomic mass is 9.86. The predicted octanol–water partition coefficient (Wildman–Crippen LogP) is 3.11. The van der Waals surface area contributed by atoms with Crippen molar-refractivity contribution in [3.63, 3.8) is 0 Å². The van der Waals surface area contributed by atoms with Gasteiger partial charge in [0.05, 0.1) is 12.8 Å². The highest BCUT2D eigenvalue weighted by Gasteiger charge is 2.25. The molecular formula is C14H23NO2. The van der Waals surface area contributed by atoms with Crippen LogP contribution in [0.2, 0.25) is 0 Å². The van der Waals surface area contributed by atoms with E-state index in [1.807, 2.05) is 19.1 Å². The van der Waals surface area contributed by atoms with Crippen molar-refractivity contribution in [3.05, 3.63) is 24.2 Å². The molecular weight excluding hydrogens is 214 g/mol. The molecule has 1 aromatic heterocycles. The monoisotopic (exact) mass is 237 g/mol. The summed E-state index contributed by atoms with van der Waals surface area (Å²) in [7, 11) is 0. The minimum Gasteiger partial charge on any atom is -0.468 e. The first-order valence-corrected chi connectivity index (χ1v) is 6.34. The Balaban J connectivity index is 2.58. The SMILES string of the molecule is CCCC(C)(C=O)CN(CC)Cc1ccco1. The third-order valence-corrected chi connectivity index (χ3v) is 3.10. The maximum Gasteiger partial charge on any atom is 0.127 e. The zero-order chi connectivity index (χ0) is 12.7. The molecule has 0 aliphatic heterocycles. The van der Waals surface area contributed by atoms with Crippen LogP contribution in [0.25, 0.3) is 0 Å². The van der Waals surface area contributed by atoms with Crippen LogP contribution in [0.3, 0.4) is 0 Å². The highest BCUT2D eigenvalue weighted by molar-refractivity contribution is 5.58. The standard InChI is InChI=1S/C14H23NO2/c1-4-8-14(3,12-16)11-15(5-2)10-13-7-6-9-17-13/h6-7,9,12H,4-5,8,10-11H2,1-3H3. The van der Waals surface area contributed by atoms with Crippen LogP contribution in [0.4, 0.5) is 0 Å². The topological polar surface area (TPSA) is 33.5 Å². The van der Waals surface area contributed by atoms with Gasteiger partial charge in [0.1, 0.15) is 12.0 Å². The van der Waals surface area contributed by atoms with Crippen molar-refractivity contribution in [1.82, 2.24) is 4.90 Å². The summed E-state index contributed by atoms with van der Waals surface area (Å²) in [6.07, 6.45) is 4.76. The molecule has 0 aliphatic carbocycles. The molecule has 0 bridgehead atoms. The zero-order valence-corrected chi connectivity index (χ0v) is 11.1. The van der Waals surface area contributed by atoms with Crippen LogP contribution in [0, 0.1) is 5.41 Å². The van der Waals surface area contributed by atoms with E-state index in [4.69, 9.17) is 4.42 Å². The smallest absolute Gasteiger partial charge is 0.127 e. The highest BCUT2D eigenvalue weighted by Crippen LogP contribution is 2.22. The van der Waals surface area contributed by atoms with E-state index in [0.717, 1.165) is 44.5 Å². The Labute approximate surface area is 104 Å². The number of rotatable bonds is 8. The Bertz CT molecular complexity index is 321. The average molecular weight is 237 g/mol. The first kappa shape index (κ1) is 14.0. The summed E-state index contributed by atoms with van der Waals surface area (Å²) < 4.78 is 5.34. The lowest BCUT2D eigenvalue weighted by molar-refractivity contribution is -0.117. The third kappa shape index (κ3) is 4.35. The first-order valence-electron chi connectivity index (χ1n) is 6.34. The van der Waals surface area contributed by atoms with Crippen molar-refractivity contribution < 1.29 is 9.21 Å². The van der Waals surface area contributed by atoms with Gasteiger partial charge in [-0.1, -0.05) is 27.2 Å². The van der Waals surface area contributed by atoms with Crippen molar-refractivity contribution in [2.24, 2.45) is 5.41 Å². The minimum atomic E-state index is -0.239. The van der Waals surface area contributed by atoms with Gasteiger partial charge in [-0.05, 0) is 25.1 Å². The van der Waals surface area contributed by atoms with Crippen LogP contribution >= 0.6 is 0 Å². The van der Waals surface area contributed by atoms with Crippen molar-refractivity contribution in [2.75, 3.05) is 13.1 Å². The molecule has 17 heavy (non-hydrogen) atoms. The van der Waals surface area contributed by atoms with Gasteiger partial charge in [0, 0.05) is 12.0 Å². The van der Waals surface area contributed by atoms with E-state index in [-0.39, 0.29) is 5.41 Å². The summed E-state index contributed by atoms with van der Waals surface area (Å²) in [5, 5.41) is 0. The molecule has 0 radical (unpaired) electrons. The molecule has 0 fully saturated rings. The summed E-state index contributed by atoms with van der Waals surface area (Å²) in [5.41, 5.74) is -0.239. The molecule has 0 spiro atoms. The normalized spacial score (nSPS) is 14.8. The first-order chi connectivity index (χ1) is 8.13. The quantitative estimate of drug-likeness (QED) is 0.651. The van der Waals surface area contributed by atoms with Gasteiger partial charge < -0.3 is 9.21 Å². The van der Waals surface area contributed by atoms with Crippen molar-refractivity contribution in [2.45, 2.75) is 40.2 Å². The molecule has 1 aromatic rings. The second-order valence-corrected chi connectivity index (χ2v) is 4.90. The van der Waals surface area contributed by atoms with Gasteiger partial charge in [0.15, 0.2) is 0 Å². The lowest BCUT2D eigenvalue weighted by Crippen LogP contribution is -2.36. The number of carbonyl (C=O) groups excluding carboxylic acids is 1. The second kappa shape index (κ2) is 6.60. The van der Waals surface area contributed by atoms with E-state index in [2.05, 4.69) is 18.7 Å². The van der Waals surface area contributed by atoms with E-state index in [9.17, 15) is 4.79 Å². The van der Waals surface area contributed by atoms with Crippen LogP contribution in [0.15, 0.2) is 22.8 Å². The van der Waals surface area contributed by atoms with Crippen LogP contribution in [0.1, 0.15) is 39.4 Å². The molecule has 0 saturated carbocycles. The molecule has 1 heterocycles. The van der Waals surface area contributed by atoms with Crippen LogP contribution in [-0.4, -0.2) is 24.3 Å². The fourth-order valence-electron chi connectivity index (χ4n) is 2.16. The molecule has 1 rings (SSSR count). The van der Waals surface area contributed by atoms with Gasteiger partial charge in [0.25, 0.3) is 0 Å². The Morgan fingerprint density at radius 1 is 1.47 bits per heavy atom. The molecule has 96 valence electrons. The van der Waals surface area contributed by atoms with Crippen LogP contribution < -0.4 is 0 Å². The lowest BCUT2D eigenvalue weighted by Gasteiger charge is -2.30. The summed E-state index contributed by atoms with van der Waals surface area (Å²) in [6, 6.07) is 3.87. The molecule has 1 atom stereocenters. The van der Waals surface area contributed by atoms with Crippen molar-refractivity contribution in [1.29, 1.82) is 0 Å².